The molecule has 9 nitrogen and oxygen atoms in total. The summed E-state index contributed by atoms with van der Waals surface area (Å²) in [6, 6.07) is 11.6. The van der Waals surface area contributed by atoms with Crippen LogP contribution in [0.2, 0.25) is 0 Å². The lowest BCUT2D eigenvalue weighted by Gasteiger charge is -2.25. The molecule has 12 heteroatoms. The molecule has 0 N–H and O–H groups in total. The van der Waals surface area contributed by atoms with E-state index in [0.29, 0.717) is 41.5 Å². The Hall–Kier alpha value is -4.19. The number of amides is 1. The number of carbonyl (C=O) groups is 1. The van der Waals surface area contributed by atoms with Crippen LogP contribution in [0.25, 0.3) is 5.95 Å². The highest BCUT2D eigenvalue weighted by atomic mass is 19.4. The normalized spacial score (nSPS) is 20.4. The molecule has 2 aliphatic rings. The number of halogens is 3. The van der Waals surface area contributed by atoms with Gasteiger partial charge in [0.25, 0.3) is 5.91 Å². The Balaban J connectivity index is 1.12. The Morgan fingerprint density at radius 2 is 1.85 bits per heavy atom. The number of aryl methyl sites for hydroxylation is 1. The SMILES string of the molecule is Cn1cnc(C(=O)N(Cc2cccc(OC(F)(F)F)c2)CC2C3CN(Cc4cccn4-c4ncccn4)CC32)c1. The van der Waals surface area contributed by atoms with Gasteiger partial charge in [-0.25, -0.2) is 15.0 Å². The Labute approximate surface area is 228 Å². The quantitative estimate of drug-likeness (QED) is 0.314. The lowest BCUT2D eigenvalue weighted by Crippen LogP contribution is -2.35. The van der Waals surface area contributed by atoms with Gasteiger partial charge in [-0.3, -0.25) is 14.3 Å². The molecule has 2 atom stereocenters. The number of fused-ring (bicyclic) bond motifs is 1. The lowest BCUT2D eigenvalue weighted by atomic mass is 10.1. The molecule has 1 aliphatic heterocycles. The number of rotatable bonds is 9. The molecule has 40 heavy (non-hydrogen) atoms. The van der Waals surface area contributed by atoms with E-state index >= 15 is 0 Å². The molecule has 1 amide bonds. The number of carbonyl (C=O) groups excluding carboxylic acids is 1. The summed E-state index contributed by atoms with van der Waals surface area (Å²) >= 11 is 0. The average Bonchev–Trinajstić information content (AvgIpc) is 3.38. The second-order valence-corrected chi connectivity index (χ2v) is 10.4. The first kappa shape index (κ1) is 26.1. The maximum atomic E-state index is 13.4. The summed E-state index contributed by atoms with van der Waals surface area (Å²) in [7, 11) is 1.78. The number of likely N-dealkylation sites (tertiary alicyclic amines) is 1. The van der Waals surface area contributed by atoms with E-state index in [1.807, 2.05) is 16.8 Å². The van der Waals surface area contributed by atoms with Crippen molar-refractivity contribution in [1.82, 2.24) is 33.9 Å². The van der Waals surface area contributed by atoms with E-state index in [2.05, 4.69) is 30.7 Å². The summed E-state index contributed by atoms with van der Waals surface area (Å²) in [6.45, 7) is 3.27. The van der Waals surface area contributed by atoms with Gasteiger partial charge in [-0.2, -0.15) is 0 Å². The Kier molecular flexibility index (Phi) is 6.78. The van der Waals surface area contributed by atoms with Gasteiger partial charge in [0.1, 0.15) is 11.4 Å². The van der Waals surface area contributed by atoms with E-state index in [1.165, 1.54) is 18.2 Å². The summed E-state index contributed by atoms with van der Waals surface area (Å²) in [5, 5.41) is 0. The van der Waals surface area contributed by atoms with Gasteiger partial charge < -0.3 is 14.2 Å². The zero-order valence-electron chi connectivity index (χ0n) is 21.8. The third-order valence-electron chi connectivity index (χ3n) is 7.58. The highest BCUT2D eigenvalue weighted by Gasteiger charge is 2.56. The van der Waals surface area contributed by atoms with E-state index in [9.17, 15) is 18.0 Å². The number of imidazole rings is 1. The van der Waals surface area contributed by atoms with Crippen LogP contribution in [-0.4, -0.2) is 65.8 Å². The minimum Gasteiger partial charge on any atom is -0.406 e. The van der Waals surface area contributed by atoms with Crippen LogP contribution in [0.3, 0.4) is 0 Å². The molecule has 0 radical (unpaired) electrons. The molecule has 4 heterocycles. The molecule has 1 aliphatic carbocycles. The van der Waals surface area contributed by atoms with Crippen LogP contribution < -0.4 is 4.74 Å². The summed E-state index contributed by atoms with van der Waals surface area (Å²) in [6.07, 6.45) is 3.83. The smallest absolute Gasteiger partial charge is 0.406 e. The van der Waals surface area contributed by atoms with Crippen LogP contribution in [0.15, 0.2) is 73.6 Å². The fourth-order valence-corrected chi connectivity index (χ4v) is 5.74. The monoisotopic (exact) mass is 551 g/mol. The van der Waals surface area contributed by atoms with Gasteiger partial charge in [-0.1, -0.05) is 12.1 Å². The number of alkyl halides is 3. The predicted octanol–water partition coefficient (Wildman–Crippen LogP) is 3.92. The molecule has 6 rings (SSSR count). The van der Waals surface area contributed by atoms with Gasteiger partial charge in [-0.05, 0) is 53.6 Å². The fourth-order valence-electron chi connectivity index (χ4n) is 5.74. The summed E-state index contributed by atoms with van der Waals surface area (Å²) < 4.78 is 46.0. The van der Waals surface area contributed by atoms with Crippen molar-refractivity contribution in [2.75, 3.05) is 19.6 Å². The maximum absolute atomic E-state index is 13.4. The van der Waals surface area contributed by atoms with Gasteiger partial charge in [0.2, 0.25) is 5.95 Å². The second-order valence-electron chi connectivity index (χ2n) is 10.4. The molecule has 1 saturated carbocycles. The van der Waals surface area contributed by atoms with Gasteiger partial charge >= 0.3 is 6.36 Å². The first-order chi connectivity index (χ1) is 19.2. The largest absolute Gasteiger partial charge is 0.573 e. The van der Waals surface area contributed by atoms with Crippen molar-refractivity contribution in [2.45, 2.75) is 19.5 Å². The Morgan fingerprint density at radius 1 is 1.07 bits per heavy atom. The first-order valence-electron chi connectivity index (χ1n) is 13.0. The Bertz CT molecular complexity index is 1470. The maximum Gasteiger partial charge on any atom is 0.573 e. The molecule has 3 aromatic heterocycles. The highest BCUT2D eigenvalue weighted by molar-refractivity contribution is 5.92. The van der Waals surface area contributed by atoms with Crippen molar-refractivity contribution < 1.29 is 22.7 Å². The third kappa shape index (κ3) is 5.71. The van der Waals surface area contributed by atoms with E-state index in [1.54, 1.807) is 53.6 Å². The van der Waals surface area contributed by atoms with Crippen molar-refractivity contribution >= 4 is 5.91 Å². The van der Waals surface area contributed by atoms with Crippen molar-refractivity contribution in [3.05, 3.63) is 90.5 Å². The molecular weight excluding hydrogens is 523 g/mol. The average molecular weight is 552 g/mol. The van der Waals surface area contributed by atoms with Crippen molar-refractivity contribution in [2.24, 2.45) is 24.8 Å². The molecule has 1 aromatic carbocycles. The van der Waals surface area contributed by atoms with Crippen molar-refractivity contribution in [3.63, 3.8) is 0 Å². The van der Waals surface area contributed by atoms with Crippen molar-refractivity contribution in [3.8, 4) is 11.7 Å². The predicted molar refractivity (Wildman–Crippen MR) is 138 cm³/mol. The van der Waals surface area contributed by atoms with Crippen LogP contribution in [-0.2, 0) is 20.1 Å². The van der Waals surface area contributed by atoms with E-state index in [0.717, 1.165) is 25.3 Å². The number of benzene rings is 1. The zero-order chi connectivity index (χ0) is 27.9. The van der Waals surface area contributed by atoms with Crippen LogP contribution in [0, 0.1) is 17.8 Å². The molecule has 0 spiro atoms. The molecule has 208 valence electrons. The number of aromatic nitrogens is 5. The highest BCUT2D eigenvalue weighted by Crippen LogP contribution is 2.52. The summed E-state index contributed by atoms with van der Waals surface area (Å²) in [5.41, 5.74) is 1.97. The van der Waals surface area contributed by atoms with Crippen molar-refractivity contribution in [1.29, 1.82) is 0 Å². The molecule has 1 saturated heterocycles. The Morgan fingerprint density at radius 3 is 2.55 bits per heavy atom. The van der Waals surface area contributed by atoms with Crippen LogP contribution in [0.5, 0.6) is 5.75 Å². The van der Waals surface area contributed by atoms with E-state index in [-0.39, 0.29) is 18.2 Å². The van der Waals surface area contributed by atoms with Gasteiger partial charge in [0, 0.05) is 70.3 Å². The number of ether oxygens (including phenoxy) is 1. The van der Waals surface area contributed by atoms with Gasteiger partial charge in [-0.15, -0.1) is 13.2 Å². The number of nitrogens with zero attached hydrogens (tertiary/aromatic N) is 7. The summed E-state index contributed by atoms with van der Waals surface area (Å²) in [5.74, 6) is 1.32. The minimum absolute atomic E-state index is 0.161. The molecule has 2 unspecified atom stereocenters. The summed E-state index contributed by atoms with van der Waals surface area (Å²) in [4.78, 5) is 30.4. The first-order valence-corrected chi connectivity index (χ1v) is 13.0. The number of piperidine rings is 1. The molecule has 2 fully saturated rings. The van der Waals surface area contributed by atoms with Crippen LogP contribution in [0.1, 0.15) is 21.7 Å². The second kappa shape index (κ2) is 10.4. The van der Waals surface area contributed by atoms with E-state index in [4.69, 9.17) is 0 Å². The fraction of sp³-hybridized carbons (Fsp3) is 0.357. The van der Waals surface area contributed by atoms with E-state index < -0.39 is 6.36 Å². The zero-order valence-corrected chi connectivity index (χ0v) is 21.8. The number of hydrogen-bond acceptors (Lipinski definition) is 6. The molecular formula is C28H28F3N7O2. The van der Waals surface area contributed by atoms with Crippen LogP contribution in [0.4, 0.5) is 13.2 Å². The standard InChI is InChI=1S/C28H28F3N7O2/c1-35-17-25(34-18-35)26(39)37(12-19-5-2-7-21(11-19)40-28(29,30)31)16-24-22-14-36(15-23(22)24)13-20-6-3-10-38(20)27-32-8-4-9-33-27/h2-11,17-18,22-24H,12-16H2,1H3. The minimum atomic E-state index is -4.78. The van der Waals surface area contributed by atoms with Crippen LogP contribution >= 0.6 is 0 Å². The lowest BCUT2D eigenvalue weighted by molar-refractivity contribution is -0.274. The molecule has 0 bridgehead atoms. The number of hydrogen-bond donors (Lipinski definition) is 0. The topological polar surface area (TPSA) is 81.3 Å². The van der Waals surface area contributed by atoms with Gasteiger partial charge in [0.15, 0.2) is 0 Å². The molecule has 4 aromatic rings. The third-order valence-corrected chi connectivity index (χ3v) is 7.58. The van der Waals surface area contributed by atoms with Gasteiger partial charge in [0.05, 0.1) is 6.33 Å².